The van der Waals surface area contributed by atoms with Crippen LogP contribution in [0.3, 0.4) is 0 Å². The lowest BCUT2D eigenvalue weighted by Crippen LogP contribution is -2.14. The zero-order valence-corrected chi connectivity index (χ0v) is 17.0. The maximum Gasteiger partial charge on any atom is 0.191 e. The standard InChI is InChI=1S/C22H24N4OS/c1-3-18-10-12-20(13-11-18)27-16-21-24-25-22(28-15-7-14-23)26(21)17(2)19-8-5-4-6-9-19/h4-6,8-13,17H,3,7,15-16H2,1-2H3/t17-/m0/s1. The van der Waals surface area contributed by atoms with Gasteiger partial charge in [0, 0.05) is 12.2 Å². The van der Waals surface area contributed by atoms with Crippen LogP contribution in [0.4, 0.5) is 0 Å². The van der Waals surface area contributed by atoms with Crippen molar-refractivity contribution in [2.45, 2.75) is 44.5 Å². The Kier molecular flexibility index (Phi) is 7.10. The number of thioether (sulfide) groups is 1. The summed E-state index contributed by atoms with van der Waals surface area (Å²) in [6.07, 6.45) is 1.49. The van der Waals surface area contributed by atoms with Crippen LogP contribution in [0.25, 0.3) is 0 Å². The number of nitriles is 1. The van der Waals surface area contributed by atoms with Gasteiger partial charge in [0.1, 0.15) is 12.4 Å². The number of benzene rings is 2. The number of nitrogens with zero attached hydrogens (tertiary/aromatic N) is 4. The Morgan fingerprint density at radius 1 is 1.11 bits per heavy atom. The number of rotatable bonds is 9. The van der Waals surface area contributed by atoms with E-state index in [2.05, 4.69) is 58.9 Å². The molecule has 0 fully saturated rings. The van der Waals surface area contributed by atoms with Crippen molar-refractivity contribution in [2.75, 3.05) is 5.75 Å². The Morgan fingerprint density at radius 3 is 2.54 bits per heavy atom. The summed E-state index contributed by atoms with van der Waals surface area (Å²) in [6, 6.07) is 20.7. The molecule has 2 aromatic carbocycles. The molecule has 6 heteroatoms. The molecule has 0 saturated heterocycles. The molecule has 0 radical (unpaired) electrons. The van der Waals surface area contributed by atoms with E-state index in [1.807, 2.05) is 30.3 Å². The van der Waals surface area contributed by atoms with Crippen molar-refractivity contribution in [2.24, 2.45) is 0 Å². The first kappa shape index (κ1) is 20.0. The van der Waals surface area contributed by atoms with Crippen LogP contribution in [-0.2, 0) is 13.0 Å². The quantitative estimate of drug-likeness (QED) is 0.377. The van der Waals surface area contributed by atoms with Crippen LogP contribution in [0.1, 0.15) is 43.3 Å². The molecule has 0 spiro atoms. The van der Waals surface area contributed by atoms with Crippen molar-refractivity contribution in [3.63, 3.8) is 0 Å². The van der Waals surface area contributed by atoms with Gasteiger partial charge in [-0.1, -0.05) is 61.2 Å². The minimum atomic E-state index is 0.0712. The third kappa shape index (κ3) is 4.93. The van der Waals surface area contributed by atoms with E-state index in [0.717, 1.165) is 23.2 Å². The molecular weight excluding hydrogens is 368 g/mol. The zero-order chi connectivity index (χ0) is 19.8. The molecule has 144 valence electrons. The summed E-state index contributed by atoms with van der Waals surface area (Å²) < 4.78 is 8.08. The van der Waals surface area contributed by atoms with E-state index in [1.165, 1.54) is 11.1 Å². The van der Waals surface area contributed by atoms with Crippen molar-refractivity contribution in [3.8, 4) is 11.8 Å². The van der Waals surface area contributed by atoms with Gasteiger partial charge in [0.2, 0.25) is 0 Å². The average Bonchev–Trinajstić information content (AvgIpc) is 3.15. The number of aromatic nitrogens is 3. The first-order valence-electron chi connectivity index (χ1n) is 9.43. The third-order valence-corrected chi connectivity index (χ3v) is 5.49. The van der Waals surface area contributed by atoms with E-state index < -0.39 is 0 Å². The van der Waals surface area contributed by atoms with Crippen LogP contribution in [0.2, 0.25) is 0 Å². The third-order valence-electron chi connectivity index (χ3n) is 4.55. The number of aryl methyl sites for hydroxylation is 1. The molecule has 1 aromatic heterocycles. The van der Waals surface area contributed by atoms with E-state index in [1.54, 1.807) is 11.8 Å². The van der Waals surface area contributed by atoms with E-state index in [4.69, 9.17) is 10.00 Å². The topological polar surface area (TPSA) is 63.7 Å². The van der Waals surface area contributed by atoms with Crippen molar-refractivity contribution in [1.82, 2.24) is 14.8 Å². The fourth-order valence-corrected chi connectivity index (χ4v) is 3.81. The largest absolute Gasteiger partial charge is 0.486 e. The summed E-state index contributed by atoms with van der Waals surface area (Å²) in [6.45, 7) is 4.61. The molecule has 1 heterocycles. The van der Waals surface area contributed by atoms with Crippen molar-refractivity contribution < 1.29 is 4.74 Å². The first-order valence-corrected chi connectivity index (χ1v) is 10.4. The Hall–Kier alpha value is -2.78. The summed E-state index contributed by atoms with van der Waals surface area (Å²) in [4.78, 5) is 0. The molecule has 3 aromatic rings. The van der Waals surface area contributed by atoms with Crippen molar-refractivity contribution in [3.05, 3.63) is 71.5 Å². The van der Waals surface area contributed by atoms with Gasteiger partial charge in [-0.15, -0.1) is 10.2 Å². The Bertz CT molecular complexity index is 916. The first-order chi connectivity index (χ1) is 13.7. The van der Waals surface area contributed by atoms with Gasteiger partial charge in [-0.3, -0.25) is 4.57 Å². The van der Waals surface area contributed by atoms with Gasteiger partial charge in [0.05, 0.1) is 12.1 Å². The van der Waals surface area contributed by atoms with Gasteiger partial charge in [-0.25, -0.2) is 0 Å². The summed E-state index contributed by atoms with van der Waals surface area (Å²) in [5.41, 5.74) is 2.46. The molecule has 0 unspecified atom stereocenters. The van der Waals surface area contributed by atoms with Crippen molar-refractivity contribution in [1.29, 1.82) is 5.26 Å². The summed E-state index contributed by atoms with van der Waals surface area (Å²) in [5, 5.41) is 18.4. The Labute approximate surface area is 170 Å². The van der Waals surface area contributed by atoms with Gasteiger partial charge in [-0.05, 0) is 36.6 Å². The van der Waals surface area contributed by atoms with Gasteiger partial charge in [0.15, 0.2) is 11.0 Å². The van der Waals surface area contributed by atoms with Crippen LogP contribution < -0.4 is 4.74 Å². The van der Waals surface area contributed by atoms with E-state index in [-0.39, 0.29) is 6.04 Å². The second kappa shape index (κ2) is 9.95. The highest BCUT2D eigenvalue weighted by Crippen LogP contribution is 2.27. The molecule has 0 aliphatic rings. The molecule has 0 aliphatic carbocycles. The smallest absolute Gasteiger partial charge is 0.191 e. The molecule has 1 atom stereocenters. The highest BCUT2D eigenvalue weighted by molar-refractivity contribution is 7.99. The maximum atomic E-state index is 8.83. The van der Waals surface area contributed by atoms with Crippen LogP contribution in [0.15, 0.2) is 59.8 Å². The lowest BCUT2D eigenvalue weighted by Gasteiger charge is -2.18. The zero-order valence-electron chi connectivity index (χ0n) is 16.2. The highest BCUT2D eigenvalue weighted by atomic mass is 32.2. The lowest BCUT2D eigenvalue weighted by molar-refractivity contribution is 0.285. The molecule has 0 amide bonds. The average molecular weight is 393 g/mol. The monoisotopic (exact) mass is 392 g/mol. The predicted molar refractivity (Wildman–Crippen MR) is 111 cm³/mol. The Balaban J connectivity index is 1.81. The minimum Gasteiger partial charge on any atom is -0.486 e. The maximum absolute atomic E-state index is 8.83. The predicted octanol–water partition coefficient (Wildman–Crippen LogP) is 5.03. The van der Waals surface area contributed by atoms with Gasteiger partial charge in [-0.2, -0.15) is 5.26 Å². The molecule has 5 nitrogen and oxygen atoms in total. The van der Waals surface area contributed by atoms with Crippen LogP contribution in [0, 0.1) is 11.3 Å². The number of hydrogen-bond acceptors (Lipinski definition) is 5. The number of ether oxygens (including phenoxy) is 1. The second-order valence-electron chi connectivity index (χ2n) is 6.40. The lowest BCUT2D eigenvalue weighted by atomic mass is 10.1. The Morgan fingerprint density at radius 2 is 1.86 bits per heavy atom. The van der Waals surface area contributed by atoms with E-state index >= 15 is 0 Å². The number of hydrogen-bond donors (Lipinski definition) is 0. The van der Waals surface area contributed by atoms with Crippen LogP contribution in [-0.4, -0.2) is 20.5 Å². The van der Waals surface area contributed by atoms with Crippen molar-refractivity contribution >= 4 is 11.8 Å². The molecule has 0 N–H and O–H groups in total. The van der Waals surface area contributed by atoms with Gasteiger partial charge < -0.3 is 4.74 Å². The van der Waals surface area contributed by atoms with Crippen LogP contribution >= 0.6 is 11.8 Å². The summed E-state index contributed by atoms with van der Waals surface area (Å²) in [5.74, 6) is 2.28. The molecule has 28 heavy (non-hydrogen) atoms. The highest BCUT2D eigenvalue weighted by Gasteiger charge is 2.19. The molecule has 3 rings (SSSR count). The molecule has 0 bridgehead atoms. The van der Waals surface area contributed by atoms with Crippen LogP contribution in [0.5, 0.6) is 5.75 Å². The second-order valence-corrected chi connectivity index (χ2v) is 7.46. The molecular formula is C22H24N4OS. The fourth-order valence-electron chi connectivity index (χ4n) is 2.93. The summed E-state index contributed by atoms with van der Waals surface area (Å²) in [7, 11) is 0. The minimum absolute atomic E-state index is 0.0712. The van der Waals surface area contributed by atoms with E-state index in [0.29, 0.717) is 18.8 Å². The summed E-state index contributed by atoms with van der Waals surface area (Å²) >= 11 is 1.55. The van der Waals surface area contributed by atoms with Gasteiger partial charge >= 0.3 is 0 Å². The fraction of sp³-hybridized carbons (Fsp3) is 0.318. The van der Waals surface area contributed by atoms with Gasteiger partial charge in [0.25, 0.3) is 0 Å². The van der Waals surface area contributed by atoms with E-state index in [9.17, 15) is 0 Å². The SMILES string of the molecule is CCc1ccc(OCc2nnc(SCCC#N)n2[C@@H](C)c2ccccc2)cc1. The molecule has 0 aliphatic heterocycles. The molecule has 0 saturated carbocycles. The normalized spacial score (nSPS) is 11.8.